The monoisotopic (exact) mass is 744 g/mol. The molecule has 0 atom stereocenters. The van der Waals surface area contributed by atoms with Crippen molar-refractivity contribution in [3.05, 3.63) is 46.6 Å². The lowest BCUT2D eigenvalue weighted by Gasteiger charge is -2.58. The lowest BCUT2D eigenvalue weighted by atomic mass is 9.75. The van der Waals surface area contributed by atoms with Crippen LogP contribution in [-0.2, 0) is 26.0 Å². The molecule has 2 aromatic carbocycles. The number of thiophene rings is 1. The highest BCUT2D eigenvalue weighted by atomic mass is 32.2. The molecule has 6 rings (SSSR count). The summed E-state index contributed by atoms with van der Waals surface area (Å²) in [5.41, 5.74) is 0.686. The number of halogens is 6. The minimum Gasteiger partial charge on any atom is -0.433 e. The van der Waals surface area contributed by atoms with E-state index < -0.39 is 57.3 Å². The molecule has 1 saturated carbocycles. The van der Waals surface area contributed by atoms with Gasteiger partial charge >= 0.3 is 12.8 Å². The van der Waals surface area contributed by atoms with Crippen LogP contribution in [0.2, 0.25) is 0 Å². The maximum Gasteiger partial charge on any atom is 0.393 e. The summed E-state index contributed by atoms with van der Waals surface area (Å²) in [6.45, 7) is 0.926. The molecule has 17 heteroatoms. The quantitative estimate of drug-likeness (QED) is 0.169. The van der Waals surface area contributed by atoms with Crippen molar-refractivity contribution in [3.8, 4) is 17.6 Å². The summed E-state index contributed by atoms with van der Waals surface area (Å²) in [5.74, 6) is 2.24. The van der Waals surface area contributed by atoms with Crippen molar-refractivity contribution in [2.45, 2.75) is 68.8 Å². The molecule has 1 spiro atoms. The summed E-state index contributed by atoms with van der Waals surface area (Å²) in [4.78, 5) is 12.8. The van der Waals surface area contributed by atoms with Gasteiger partial charge in [0.1, 0.15) is 10.7 Å². The van der Waals surface area contributed by atoms with Crippen LogP contribution in [0.4, 0.5) is 37.7 Å². The van der Waals surface area contributed by atoms with Crippen LogP contribution in [0, 0.1) is 23.1 Å². The van der Waals surface area contributed by atoms with E-state index in [-0.39, 0.29) is 23.0 Å². The molecular weight excluding hydrogens is 711 g/mol. The van der Waals surface area contributed by atoms with Crippen molar-refractivity contribution in [1.82, 2.24) is 9.62 Å². The number of hydrogen-bond donors (Lipinski definition) is 3. The average molecular weight is 745 g/mol. The van der Waals surface area contributed by atoms with E-state index in [9.17, 15) is 39.6 Å². The molecule has 3 aliphatic rings. The first kappa shape index (κ1) is 36.1. The highest BCUT2D eigenvalue weighted by Crippen LogP contribution is 2.43. The minimum atomic E-state index is -4.74. The number of amides is 1. The lowest BCUT2D eigenvalue weighted by molar-refractivity contribution is -0.200. The largest absolute Gasteiger partial charge is 0.433 e. The number of hydrogen-bond acceptors (Lipinski definition) is 9. The summed E-state index contributed by atoms with van der Waals surface area (Å²) in [7, 11) is -4.74. The van der Waals surface area contributed by atoms with E-state index in [1.165, 1.54) is 0 Å². The number of nitrogens with zero attached hydrogens (tertiary/aromatic N) is 1. The van der Waals surface area contributed by atoms with Crippen LogP contribution in [0.1, 0.15) is 43.0 Å². The van der Waals surface area contributed by atoms with E-state index in [0.717, 1.165) is 75.9 Å². The van der Waals surface area contributed by atoms with Gasteiger partial charge in [-0.1, -0.05) is 24.0 Å². The second kappa shape index (κ2) is 14.1. The summed E-state index contributed by atoms with van der Waals surface area (Å²) in [6, 6.07) is 6.92. The molecule has 0 radical (unpaired) electrons. The Morgan fingerprint density at radius 1 is 1.14 bits per heavy atom. The van der Waals surface area contributed by atoms with Crippen molar-refractivity contribution in [2.75, 3.05) is 43.5 Å². The fraction of sp³-hybridized carbons (Fsp3) is 0.485. The maximum absolute atomic E-state index is 14.8. The molecule has 2 saturated heterocycles. The third-order valence-corrected chi connectivity index (χ3v) is 11.7. The van der Waals surface area contributed by atoms with Gasteiger partial charge in [0.05, 0.1) is 47.1 Å². The number of sulfonamides is 1. The van der Waals surface area contributed by atoms with Gasteiger partial charge in [-0.05, 0) is 42.7 Å². The number of anilines is 2. The number of likely N-dealkylation sites (tertiary alicyclic amines) is 1. The van der Waals surface area contributed by atoms with Crippen LogP contribution < -0.4 is 20.1 Å². The number of benzene rings is 2. The third kappa shape index (κ3) is 8.09. The highest BCUT2D eigenvalue weighted by molar-refractivity contribution is 7.90. The molecule has 0 bridgehead atoms. The van der Waals surface area contributed by atoms with Crippen molar-refractivity contribution >= 4 is 48.7 Å². The van der Waals surface area contributed by atoms with Crippen LogP contribution in [0.25, 0.3) is 10.1 Å². The Kier molecular flexibility index (Phi) is 10.2. The van der Waals surface area contributed by atoms with Gasteiger partial charge in [0.2, 0.25) is 5.91 Å². The Morgan fingerprint density at radius 3 is 2.48 bits per heavy atom. The number of ether oxygens (including phenoxy) is 2. The van der Waals surface area contributed by atoms with Gasteiger partial charge in [0.15, 0.2) is 5.75 Å². The Hall–Kier alpha value is -3.72. The molecule has 2 aliphatic heterocycles. The van der Waals surface area contributed by atoms with E-state index in [1.54, 1.807) is 16.9 Å². The first-order valence-corrected chi connectivity index (χ1v) is 18.2. The molecule has 3 fully saturated rings. The molecule has 1 aliphatic carbocycles. The molecule has 1 aromatic heterocycles. The van der Waals surface area contributed by atoms with Gasteiger partial charge < -0.3 is 20.1 Å². The molecule has 3 aromatic rings. The highest BCUT2D eigenvalue weighted by Gasteiger charge is 2.50. The maximum atomic E-state index is 14.8. The van der Waals surface area contributed by atoms with Gasteiger partial charge in [-0.2, -0.15) is 22.0 Å². The zero-order valence-corrected chi connectivity index (χ0v) is 28.4. The predicted molar refractivity (Wildman–Crippen MR) is 175 cm³/mol. The third-order valence-electron chi connectivity index (χ3n) is 9.05. The topological polar surface area (TPSA) is 109 Å². The van der Waals surface area contributed by atoms with Gasteiger partial charge in [-0.3, -0.25) is 9.69 Å². The minimum absolute atomic E-state index is 0.00402. The second-order valence-electron chi connectivity index (χ2n) is 12.9. The number of nitrogens with one attached hydrogen (secondary N) is 3. The predicted octanol–water partition coefficient (Wildman–Crippen LogP) is 6.09. The van der Waals surface area contributed by atoms with E-state index in [0.29, 0.717) is 33.7 Å². The van der Waals surface area contributed by atoms with Crippen LogP contribution in [-0.4, -0.2) is 76.9 Å². The number of rotatable bonds is 10. The van der Waals surface area contributed by atoms with Gasteiger partial charge in [-0.25, -0.2) is 17.5 Å². The first-order valence-electron chi connectivity index (χ1n) is 15.9. The van der Waals surface area contributed by atoms with Crippen molar-refractivity contribution in [1.29, 1.82) is 0 Å². The van der Waals surface area contributed by atoms with Crippen LogP contribution >= 0.6 is 11.3 Å². The fourth-order valence-electron chi connectivity index (χ4n) is 6.79. The molecule has 50 heavy (non-hydrogen) atoms. The Balaban J connectivity index is 1.18. The molecule has 1 amide bonds. The van der Waals surface area contributed by atoms with Crippen molar-refractivity contribution in [3.63, 3.8) is 0 Å². The summed E-state index contributed by atoms with van der Waals surface area (Å²) in [6.07, 6.45) is -1.83. The van der Waals surface area contributed by atoms with Gasteiger partial charge in [0, 0.05) is 49.6 Å². The van der Waals surface area contributed by atoms with Crippen molar-refractivity contribution < 1.29 is 49.0 Å². The van der Waals surface area contributed by atoms with Crippen LogP contribution in [0.5, 0.6) is 5.75 Å². The van der Waals surface area contributed by atoms with Crippen molar-refractivity contribution in [2.24, 2.45) is 5.41 Å². The standard InChI is InChI=1S/C33H34F6N4O5S2/c1-19(44)42-50(45,46)29-13-27(48-31(35)36)26(12-24(29)34)40-11-3-6-28-23(14-33(37,38)39)22-4-2-5-25(30(22)49-28)41-20-7-9-21(10-8-20)43-15-32(16-43)17-47-18-32/h2,4-5,12-13,20-21,31,40-41H,7-11,14-18H2,1H3,(H,42,44). The normalized spacial score (nSPS) is 20.5. The van der Waals surface area contributed by atoms with E-state index >= 15 is 0 Å². The Morgan fingerprint density at radius 2 is 1.86 bits per heavy atom. The molecule has 0 unspecified atom stereocenters. The lowest BCUT2D eigenvalue weighted by Crippen LogP contribution is -2.68. The summed E-state index contributed by atoms with van der Waals surface area (Å²) in [5, 5.41) is 6.53. The van der Waals surface area contributed by atoms with Crippen LogP contribution in [0.15, 0.2) is 35.2 Å². The van der Waals surface area contributed by atoms with E-state index in [1.807, 2.05) is 6.07 Å². The SMILES string of the molecule is CC(=O)NS(=O)(=O)c1cc(OC(F)F)c(NCC#Cc2sc3c(NC4CCC(N5CC6(COC6)C5)CC4)cccc3c2CC(F)(F)F)cc1F. The summed E-state index contributed by atoms with van der Waals surface area (Å²) < 4.78 is 119. The number of alkyl halides is 5. The Bertz CT molecular complexity index is 1920. The van der Waals surface area contributed by atoms with Gasteiger partial charge in [-0.15, -0.1) is 11.3 Å². The zero-order chi connectivity index (χ0) is 35.8. The Labute approximate surface area is 288 Å². The summed E-state index contributed by atoms with van der Waals surface area (Å²) >= 11 is 1.11. The first-order chi connectivity index (χ1) is 23.6. The van der Waals surface area contributed by atoms with Crippen LogP contribution in [0.3, 0.4) is 0 Å². The zero-order valence-electron chi connectivity index (χ0n) is 26.8. The number of carbonyl (C=O) groups excluding carboxylic acids is 1. The van der Waals surface area contributed by atoms with E-state index in [4.69, 9.17) is 4.74 Å². The number of fused-ring (bicyclic) bond motifs is 1. The second-order valence-corrected chi connectivity index (χ2v) is 15.6. The smallest absolute Gasteiger partial charge is 0.393 e. The number of carbonyl (C=O) groups is 1. The van der Waals surface area contributed by atoms with Gasteiger partial charge in [0.25, 0.3) is 10.0 Å². The molecule has 9 nitrogen and oxygen atoms in total. The fourth-order valence-corrected chi connectivity index (χ4v) is 9.03. The average Bonchev–Trinajstić information content (AvgIpc) is 3.31. The molecule has 3 N–H and O–H groups in total. The molecular formula is C33H34F6N4O5S2. The van der Waals surface area contributed by atoms with E-state index in [2.05, 4.69) is 32.1 Å². The molecule has 3 heterocycles. The molecule has 270 valence electrons.